The molecule has 0 amide bonds. The van der Waals surface area contributed by atoms with Crippen molar-refractivity contribution in [1.82, 2.24) is 14.5 Å². The number of ether oxygens (including phenoxy) is 2. The SMILES string of the molecule is COc1ccc(S(=O)(=O)NCc2cc(C)n(C)n2)c(OC)c1. The fourth-order valence-electron chi connectivity index (χ4n) is 1.96. The first-order valence-corrected chi connectivity index (χ1v) is 8.07. The third kappa shape index (κ3) is 3.40. The van der Waals surface area contributed by atoms with Gasteiger partial charge in [-0.05, 0) is 25.1 Å². The minimum Gasteiger partial charge on any atom is -0.497 e. The van der Waals surface area contributed by atoms with Crippen molar-refractivity contribution in [3.8, 4) is 11.5 Å². The van der Waals surface area contributed by atoms with Crippen LogP contribution in [0, 0.1) is 6.92 Å². The van der Waals surface area contributed by atoms with Gasteiger partial charge < -0.3 is 9.47 Å². The van der Waals surface area contributed by atoms with E-state index in [2.05, 4.69) is 9.82 Å². The molecule has 2 aromatic rings. The summed E-state index contributed by atoms with van der Waals surface area (Å²) < 4.78 is 39.2. The third-order valence-electron chi connectivity index (χ3n) is 3.27. The molecule has 0 radical (unpaired) electrons. The molecule has 0 spiro atoms. The van der Waals surface area contributed by atoms with Gasteiger partial charge in [-0.3, -0.25) is 4.68 Å². The minimum atomic E-state index is -3.71. The van der Waals surface area contributed by atoms with Gasteiger partial charge in [-0.25, -0.2) is 13.1 Å². The van der Waals surface area contributed by atoms with E-state index in [0.717, 1.165) is 5.69 Å². The van der Waals surface area contributed by atoms with E-state index in [-0.39, 0.29) is 17.2 Å². The van der Waals surface area contributed by atoms with Crippen LogP contribution in [0.5, 0.6) is 11.5 Å². The third-order valence-corrected chi connectivity index (χ3v) is 4.71. The Morgan fingerprint density at radius 2 is 1.95 bits per heavy atom. The summed E-state index contributed by atoms with van der Waals surface area (Å²) in [4.78, 5) is 0.0588. The monoisotopic (exact) mass is 325 g/mol. The predicted octanol–water partition coefficient (Wildman–Crippen LogP) is 1.22. The number of benzene rings is 1. The highest BCUT2D eigenvalue weighted by Gasteiger charge is 2.20. The maximum atomic E-state index is 12.4. The molecule has 22 heavy (non-hydrogen) atoms. The first-order valence-electron chi connectivity index (χ1n) is 6.58. The van der Waals surface area contributed by atoms with Gasteiger partial charge in [-0.1, -0.05) is 0 Å². The molecule has 7 nitrogen and oxygen atoms in total. The zero-order chi connectivity index (χ0) is 16.3. The zero-order valence-corrected chi connectivity index (χ0v) is 13.8. The number of sulfonamides is 1. The lowest BCUT2D eigenvalue weighted by molar-refractivity contribution is 0.386. The fraction of sp³-hybridized carbons (Fsp3) is 0.357. The van der Waals surface area contributed by atoms with E-state index >= 15 is 0 Å². The topological polar surface area (TPSA) is 82.5 Å². The van der Waals surface area contributed by atoms with E-state index in [4.69, 9.17) is 9.47 Å². The van der Waals surface area contributed by atoms with E-state index in [1.807, 2.05) is 13.0 Å². The number of nitrogens with one attached hydrogen (secondary N) is 1. The Morgan fingerprint density at radius 3 is 2.50 bits per heavy atom. The molecular formula is C14H19N3O4S. The largest absolute Gasteiger partial charge is 0.497 e. The Labute approximate surface area is 129 Å². The Hall–Kier alpha value is -2.06. The van der Waals surface area contributed by atoms with Crippen LogP contribution in [0.3, 0.4) is 0 Å². The molecule has 0 aliphatic heterocycles. The van der Waals surface area contributed by atoms with Crippen molar-refractivity contribution in [1.29, 1.82) is 0 Å². The van der Waals surface area contributed by atoms with Crippen molar-refractivity contribution in [3.63, 3.8) is 0 Å². The molecular weight excluding hydrogens is 306 g/mol. The summed E-state index contributed by atoms with van der Waals surface area (Å²) in [6.45, 7) is 2.01. The van der Waals surface area contributed by atoms with Gasteiger partial charge in [0.15, 0.2) is 0 Å². The van der Waals surface area contributed by atoms with Crippen LogP contribution >= 0.6 is 0 Å². The van der Waals surface area contributed by atoms with Crippen LogP contribution in [-0.2, 0) is 23.6 Å². The van der Waals surface area contributed by atoms with Gasteiger partial charge in [-0.15, -0.1) is 0 Å². The van der Waals surface area contributed by atoms with Gasteiger partial charge >= 0.3 is 0 Å². The Bertz CT molecular complexity index is 749. The molecule has 0 aliphatic rings. The summed E-state index contributed by atoms with van der Waals surface area (Å²) in [5, 5.41) is 4.22. The summed E-state index contributed by atoms with van der Waals surface area (Å²) >= 11 is 0. The maximum absolute atomic E-state index is 12.4. The molecule has 1 aromatic carbocycles. The van der Waals surface area contributed by atoms with Crippen molar-refractivity contribution < 1.29 is 17.9 Å². The molecule has 0 aliphatic carbocycles. The number of hydrogen-bond donors (Lipinski definition) is 1. The quantitative estimate of drug-likeness (QED) is 0.863. The lowest BCUT2D eigenvalue weighted by Crippen LogP contribution is -2.24. The molecule has 120 valence electrons. The summed E-state index contributed by atoms with van der Waals surface area (Å²) in [5.74, 6) is 0.750. The first kappa shape index (κ1) is 16.3. The summed E-state index contributed by atoms with van der Waals surface area (Å²) in [7, 11) is 1.01. The number of nitrogens with zero attached hydrogens (tertiary/aromatic N) is 2. The molecule has 2 rings (SSSR count). The van der Waals surface area contributed by atoms with E-state index < -0.39 is 10.0 Å². The van der Waals surface area contributed by atoms with E-state index in [9.17, 15) is 8.42 Å². The minimum absolute atomic E-state index is 0.0588. The van der Waals surface area contributed by atoms with Crippen molar-refractivity contribution in [2.75, 3.05) is 14.2 Å². The van der Waals surface area contributed by atoms with Crippen LogP contribution in [0.2, 0.25) is 0 Å². The normalized spacial score (nSPS) is 11.5. The smallest absolute Gasteiger partial charge is 0.244 e. The second kappa shape index (κ2) is 6.37. The fourth-order valence-corrected chi connectivity index (χ4v) is 3.11. The van der Waals surface area contributed by atoms with Crippen molar-refractivity contribution in [2.45, 2.75) is 18.4 Å². The van der Waals surface area contributed by atoms with Crippen LogP contribution in [0.1, 0.15) is 11.4 Å². The molecule has 0 unspecified atom stereocenters. The molecule has 1 N–H and O–H groups in total. The van der Waals surface area contributed by atoms with Gasteiger partial charge in [-0.2, -0.15) is 5.10 Å². The molecule has 0 fully saturated rings. The molecule has 0 bridgehead atoms. The van der Waals surface area contributed by atoms with Crippen LogP contribution < -0.4 is 14.2 Å². The second-order valence-electron chi connectivity index (χ2n) is 4.74. The summed E-state index contributed by atoms with van der Waals surface area (Å²) in [5.41, 5.74) is 1.60. The highest BCUT2D eigenvalue weighted by molar-refractivity contribution is 7.89. The van der Waals surface area contributed by atoms with Gasteiger partial charge in [0.2, 0.25) is 10.0 Å². The van der Waals surface area contributed by atoms with E-state index in [1.54, 1.807) is 17.8 Å². The number of rotatable bonds is 6. The lowest BCUT2D eigenvalue weighted by Gasteiger charge is -2.11. The first-order chi connectivity index (χ1) is 10.4. The number of hydrogen-bond acceptors (Lipinski definition) is 5. The Kier molecular flexibility index (Phi) is 4.72. The van der Waals surface area contributed by atoms with E-state index in [0.29, 0.717) is 11.4 Å². The molecule has 0 saturated heterocycles. The van der Waals surface area contributed by atoms with Gasteiger partial charge in [0.1, 0.15) is 16.4 Å². The van der Waals surface area contributed by atoms with Crippen LogP contribution in [0.25, 0.3) is 0 Å². The maximum Gasteiger partial charge on any atom is 0.244 e. The van der Waals surface area contributed by atoms with Crippen LogP contribution in [0.15, 0.2) is 29.2 Å². The van der Waals surface area contributed by atoms with Crippen molar-refractivity contribution in [2.24, 2.45) is 7.05 Å². The van der Waals surface area contributed by atoms with Crippen LogP contribution in [0.4, 0.5) is 0 Å². The molecule has 1 heterocycles. The lowest BCUT2D eigenvalue weighted by atomic mass is 10.3. The zero-order valence-electron chi connectivity index (χ0n) is 13.0. The molecule has 1 aromatic heterocycles. The Balaban J connectivity index is 2.23. The predicted molar refractivity (Wildman–Crippen MR) is 81.5 cm³/mol. The molecule has 8 heteroatoms. The average molecular weight is 325 g/mol. The number of methoxy groups -OCH3 is 2. The van der Waals surface area contributed by atoms with Crippen molar-refractivity contribution in [3.05, 3.63) is 35.7 Å². The van der Waals surface area contributed by atoms with Crippen molar-refractivity contribution >= 4 is 10.0 Å². The average Bonchev–Trinajstić information content (AvgIpc) is 2.83. The van der Waals surface area contributed by atoms with Gasteiger partial charge in [0.25, 0.3) is 0 Å². The number of aryl methyl sites for hydroxylation is 2. The van der Waals surface area contributed by atoms with Crippen LogP contribution in [-0.4, -0.2) is 32.4 Å². The standard InChI is InChI=1S/C14H19N3O4S/c1-10-7-11(16-17(10)2)9-15-22(18,19)14-6-5-12(20-3)8-13(14)21-4/h5-8,15H,9H2,1-4H3. The Morgan fingerprint density at radius 1 is 1.23 bits per heavy atom. The summed E-state index contributed by atoms with van der Waals surface area (Å²) in [6.07, 6.45) is 0. The highest BCUT2D eigenvalue weighted by atomic mass is 32.2. The van der Waals surface area contributed by atoms with Gasteiger partial charge in [0.05, 0.1) is 26.5 Å². The highest BCUT2D eigenvalue weighted by Crippen LogP contribution is 2.28. The van der Waals surface area contributed by atoms with E-state index in [1.165, 1.54) is 26.4 Å². The van der Waals surface area contributed by atoms with Gasteiger partial charge in [0, 0.05) is 18.8 Å². The second-order valence-corrected chi connectivity index (χ2v) is 6.48. The molecule has 0 atom stereocenters. The number of aromatic nitrogens is 2. The summed E-state index contributed by atoms with van der Waals surface area (Å²) in [6, 6.07) is 6.37. The molecule has 0 saturated carbocycles.